The van der Waals surface area contributed by atoms with E-state index in [0.717, 1.165) is 18.8 Å². The lowest BCUT2D eigenvalue weighted by Gasteiger charge is -2.32. The number of hydrogen-bond acceptors (Lipinski definition) is 2. The van der Waals surface area contributed by atoms with Crippen molar-refractivity contribution in [1.29, 1.82) is 0 Å². The third-order valence-corrected chi connectivity index (χ3v) is 3.63. The van der Waals surface area contributed by atoms with Crippen molar-refractivity contribution in [3.63, 3.8) is 0 Å². The van der Waals surface area contributed by atoms with Crippen LogP contribution in [0.3, 0.4) is 0 Å². The summed E-state index contributed by atoms with van der Waals surface area (Å²) in [5.74, 6) is 1.00. The van der Waals surface area contributed by atoms with E-state index in [1.165, 1.54) is 31.4 Å². The summed E-state index contributed by atoms with van der Waals surface area (Å²) in [5.41, 5.74) is 1.26. The van der Waals surface area contributed by atoms with Gasteiger partial charge in [0.05, 0.1) is 6.61 Å². The second kappa shape index (κ2) is 6.06. The molecule has 0 aromatic heterocycles. The van der Waals surface area contributed by atoms with Crippen LogP contribution in [0.5, 0.6) is 5.75 Å². The van der Waals surface area contributed by atoms with Crippen LogP contribution in [0, 0.1) is 6.92 Å². The Balaban J connectivity index is 1.75. The quantitative estimate of drug-likeness (QED) is 0.791. The number of rotatable bonds is 4. The molecule has 17 heavy (non-hydrogen) atoms. The monoisotopic (exact) mass is 233 g/mol. The Morgan fingerprint density at radius 1 is 1.35 bits per heavy atom. The first-order valence-corrected chi connectivity index (χ1v) is 6.65. The molecule has 0 spiro atoms. The summed E-state index contributed by atoms with van der Waals surface area (Å²) in [6, 6.07) is 9.01. The maximum Gasteiger partial charge on any atom is 0.119 e. The Labute approximate surface area is 105 Å². The summed E-state index contributed by atoms with van der Waals surface area (Å²) in [7, 11) is 2.23. The average molecular weight is 233 g/mol. The van der Waals surface area contributed by atoms with Crippen LogP contribution in [0.2, 0.25) is 0 Å². The van der Waals surface area contributed by atoms with Crippen molar-refractivity contribution in [2.75, 3.05) is 20.2 Å². The lowest BCUT2D eigenvalue weighted by atomic mass is 10.0. The molecule has 1 atom stereocenters. The van der Waals surface area contributed by atoms with Gasteiger partial charge < -0.3 is 9.64 Å². The van der Waals surface area contributed by atoms with Gasteiger partial charge >= 0.3 is 0 Å². The largest absolute Gasteiger partial charge is 0.494 e. The van der Waals surface area contributed by atoms with Crippen LogP contribution in [0.4, 0.5) is 0 Å². The lowest BCUT2D eigenvalue weighted by molar-refractivity contribution is 0.153. The predicted molar refractivity (Wildman–Crippen MR) is 71.6 cm³/mol. The normalized spacial score (nSPS) is 21.4. The Hall–Kier alpha value is -1.02. The molecule has 1 unspecified atom stereocenters. The van der Waals surface area contributed by atoms with Crippen LogP contribution in [0.25, 0.3) is 0 Å². The van der Waals surface area contributed by atoms with Crippen LogP contribution in [-0.4, -0.2) is 31.1 Å². The standard InChI is InChI=1S/C15H23NO/c1-13-6-5-8-15(12-13)17-11-9-14-7-3-4-10-16(14)2/h5-6,8,12,14H,3-4,7,9-11H2,1-2H3. The van der Waals surface area contributed by atoms with Crippen molar-refractivity contribution >= 4 is 0 Å². The maximum atomic E-state index is 5.81. The molecular weight excluding hydrogens is 210 g/mol. The van der Waals surface area contributed by atoms with Gasteiger partial charge in [0.2, 0.25) is 0 Å². The summed E-state index contributed by atoms with van der Waals surface area (Å²) < 4.78 is 5.81. The zero-order valence-corrected chi connectivity index (χ0v) is 11.0. The molecular formula is C15H23NO. The molecule has 2 nitrogen and oxygen atoms in total. The number of likely N-dealkylation sites (tertiary alicyclic amines) is 1. The smallest absolute Gasteiger partial charge is 0.119 e. The Morgan fingerprint density at radius 3 is 3.00 bits per heavy atom. The number of benzene rings is 1. The van der Waals surface area contributed by atoms with Crippen LogP contribution >= 0.6 is 0 Å². The summed E-state index contributed by atoms with van der Waals surface area (Å²) in [4.78, 5) is 2.48. The van der Waals surface area contributed by atoms with Crippen molar-refractivity contribution in [1.82, 2.24) is 4.90 Å². The third kappa shape index (κ3) is 3.74. The van der Waals surface area contributed by atoms with Crippen LogP contribution in [0.1, 0.15) is 31.2 Å². The molecule has 0 bridgehead atoms. The molecule has 0 amide bonds. The molecule has 1 saturated heterocycles. The Bertz CT molecular complexity index is 351. The molecule has 94 valence electrons. The fraction of sp³-hybridized carbons (Fsp3) is 0.600. The minimum absolute atomic E-state index is 0.716. The first kappa shape index (κ1) is 12.4. The van der Waals surface area contributed by atoms with Crippen LogP contribution in [0.15, 0.2) is 24.3 Å². The van der Waals surface area contributed by atoms with Gasteiger partial charge in [-0.3, -0.25) is 0 Å². The van der Waals surface area contributed by atoms with Gasteiger partial charge in [0.25, 0.3) is 0 Å². The lowest BCUT2D eigenvalue weighted by Crippen LogP contribution is -2.37. The molecule has 0 radical (unpaired) electrons. The van der Waals surface area contributed by atoms with Gasteiger partial charge in [-0.15, -0.1) is 0 Å². The Morgan fingerprint density at radius 2 is 2.24 bits per heavy atom. The summed E-state index contributed by atoms with van der Waals surface area (Å²) >= 11 is 0. The molecule has 1 fully saturated rings. The molecule has 0 saturated carbocycles. The van der Waals surface area contributed by atoms with Crippen molar-refractivity contribution in [3.8, 4) is 5.75 Å². The number of hydrogen-bond donors (Lipinski definition) is 0. The fourth-order valence-corrected chi connectivity index (χ4v) is 2.53. The molecule has 1 aromatic rings. The summed E-state index contributed by atoms with van der Waals surface area (Å²) in [6.45, 7) is 4.18. The molecule has 1 aromatic carbocycles. The van der Waals surface area contributed by atoms with E-state index in [1.807, 2.05) is 6.07 Å². The number of aryl methyl sites for hydroxylation is 1. The van der Waals surface area contributed by atoms with Crippen molar-refractivity contribution in [2.24, 2.45) is 0 Å². The molecule has 0 N–H and O–H groups in total. The van der Waals surface area contributed by atoms with E-state index in [-0.39, 0.29) is 0 Å². The zero-order valence-electron chi connectivity index (χ0n) is 11.0. The summed E-state index contributed by atoms with van der Waals surface area (Å²) in [5, 5.41) is 0. The molecule has 1 aliphatic heterocycles. The highest BCUT2D eigenvalue weighted by Crippen LogP contribution is 2.19. The highest BCUT2D eigenvalue weighted by Gasteiger charge is 2.18. The molecule has 0 aliphatic carbocycles. The van der Waals surface area contributed by atoms with Gasteiger partial charge in [0, 0.05) is 6.04 Å². The first-order chi connectivity index (χ1) is 8.25. The average Bonchev–Trinajstić information content (AvgIpc) is 2.32. The van der Waals surface area contributed by atoms with Gasteiger partial charge in [0.15, 0.2) is 0 Å². The van der Waals surface area contributed by atoms with Gasteiger partial charge in [-0.25, -0.2) is 0 Å². The van der Waals surface area contributed by atoms with Gasteiger partial charge in [-0.2, -0.15) is 0 Å². The third-order valence-electron chi connectivity index (χ3n) is 3.63. The SMILES string of the molecule is Cc1cccc(OCCC2CCCCN2C)c1. The number of ether oxygens (including phenoxy) is 1. The Kier molecular flexibility index (Phi) is 4.43. The van der Waals surface area contributed by atoms with E-state index in [9.17, 15) is 0 Å². The van der Waals surface area contributed by atoms with Crippen molar-refractivity contribution in [2.45, 2.75) is 38.6 Å². The number of piperidine rings is 1. The molecule has 1 aliphatic rings. The van der Waals surface area contributed by atoms with Gasteiger partial charge in [-0.1, -0.05) is 18.6 Å². The first-order valence-electron chi connectivity index (χ1n) is 6.65. The molecule has 2 rings (SSSR count). The van der Waals surface area contributed by atoms with E-state index < -0.39 is 0 Å². The minimum atomic E-state index is 0.716. The summed E-state index contributed by atoms with van der Waals surface area (Å²) in [6.07, 6.45) is 5.20. The topological polar surface area (TPSA) is 12.5 Å². The van der Waals surface area contributed by atoms with Crippen LogP contribution in [-0.2, 0) is 0 Å². The van der Waals surface area contributed by atoms with Crippen LogP contribution < -0.4 is 4.74 Å². The minimum Gasteiger partial charge on any atom is -0.494 e. The highest BCUT2D eigenvalue weighted by atomic mass is 16.5. The zero-order chi connectivity index (χ0) is 12.1. The molecule has 1 heterocycles. The van der Waals surface area contributed by atoms with Crippen molar-refractivity contribution in [3.05, 3.63) is 29.8 Å². The number of nitrogens with zero attached hydrogens (tertiary/aromatic N) is 1. The van der Waals surface area contributed by atoms with E-state index in [4.69, 9.17) is 4.74 Å². The second-order valence-electron chi connectivity index (χ2n) is 5.08. The maximum absolute atomic E-state index is 5.81. The fourth-order valence-electron chi connectivity index (χ4n) is 2.53. The van der Waals surface area contributed by atoms with Gasteiger partial charge in [0.1, 0.15) is 5.75 Å². The van der Waals surface area contributed by atoms with E-state index >= 15 is 0 Å². The van der Waals surface area contributed by atoms with E-state index in [1.54, 1.807) is 0 Å². The highest BCUT2D eigenvalue weighted by molar-refractivity contribution is 5.27. The molecule has 2 heteroatoms. The van der Waals surface area contributed by atoms with E-state index in [2.05, 4.69) is 37.1 Å². The second-order valence-corrected chi connectivity index (χ2v) is 5.08. The van der Waals surface area contributed by atoms with Gasteiger partial charge in [-0.05, 0) is 57.5 Å². The predicted octanol–water partition coefficient (Wildman–Crippen LogP) is 3.25. The van der Waals surface area contributed by atoms with Crippen molar-refractivity contribution < 1.29 is 4.74 Å². The van der Waals surface area contributed by atoms with E-state index in [0.29, 0.717) is 6.04 Å².